The minimum absolute atomic E-state index is 0.122. The summed E-state index contributed by atoms with van der Waals surface area (Å²) in [5, 5.41) is 3.01. The van der Waals surface area contributed by atoms with Crippen molar-refractivity contribution in [3.63, 3.8) is 0 Å². The molecule has 136 valence electrons. The van der Waals surface area contributed by atoms with Gasteiger partial charge in [0.15, 0.2) is 11.5 Å². The highest BCUT2D eigenvalue weighted by molar-refractivity contribution is 5.82. The Bertz CT molecular complexity index is 922. The molecule has 0 bridgehead atoms. The Balaban J connectivity index is 1.40. The molecule has 1 heterocycles. The molecule has 0 aliphatic carbocycles. The first-order chi connectivity index (χ1) is 13.2. The van der Waals surface area contributed by atoms with Crippen LogP contribution in [-0.4, -0.2) is 18.6 Å². The lowest BCUT2D eigenvalue weighted by Crippen LogP contribution is -2.44. The van der Waals surface area contributed by atoms with Crippen molar-refractivity contribution in [2.75, 3.05) is 6.61 Å². The van der Waals surface area contributed by atoms with Crippen LogP contribution in [0.15, 0.2) is 78.9 Å². The molecule has 0 unspecified atom stereocenters. The maximum Gasteiger partial charge on any atom is 0.265 e. The quantitative estimate of drug-likeness (QED) is 0.752. The molecule has 0 saturated carbocycles. The van der Waals surface area contributed by atoms with Gasteiger partial charge < -0.3 is 14.8 Å². The van der Waals surface area contributed by atoms with Gasteiger partial charge in [-0.15, -0.1) is 0 Å². The van der Waals surface area contributed by atoms with Gasteiger partial charge in [0, 0.05) is 0 Å². The number of nitrogens with one attached hydrogen (secondary N) is 1. The molecule has 1 amide bonds. The highest BCUT2D eigenvalue weighted by Crippen LogP contribution is 2.31. The maximum atomic E-state index is 12.6. The summed E-state index contributed by atoms with van der Waals surface area (Å²) in [4.78, 5) is 12.6. The van der Waals surface area contributed by atoms with Gasteiger partial charge in [0.1, 0.15) is 6.61 Å². The average Bonchev–Trinajstić information content (AvgIpc) is 2.74. The first-order valence-corrected chi connectivity index (χ1v) is 9.05. The van der Waals surface area contributed by atoms with Crippen LogP contribution in [0.1, 0.15) is 18.5 Å². The van der Waals surface area contributed by atoms with Gasteiger partial charge in [-0.25, -0.2) is 0 Å². The molecular formula is C23H21NO3. The van der Waals surface area contributed by atoms with Crippen molar-refractivity contribution >= 4 is 5.91 Å². The number of benzene rings is 3. The minimum atomic E-state index is -0.647. The van der Waals surface area contributed by atoms with Crippen LogP contribution < -0.4 is 14.8 Å². The molecule has 0 spiro atoms. The van der Waals surface area contributed by atoms with E-state index in [2.05, 4.69) is 29.6 Å². The molecule has 1 aliphatic heterocycles. The molecule has 2 atom stereocenters. The molecule has 0 aromatic heterocycles. The Morgan fingerprint density at radius 1 is 0.889 bits per heavy atom. The lowest BCUT2D eigenvalue weighted by Gasteiger charge is -2.26. The number of hydrogen-bond acceptors (Lipinski definition) is 3. The summed E-state index contributed by atoms with van der Waals surface area (Å²) in [6.45, 7) is 2.18. The maximum absolute atomic E-state index is 12.6. The number of amides is 1. The lowest BCUT2D eigenvalue weighted by atomic mass is 10.0. The highest BCUT2D eigenvalue weighted by atomic mass is 16.6. The Labute approximate surface area is 158 Å². The van der Waals surface area contributed by atoms with E-state index in [1.165, 1.54) is 5.56 Å². The van der Waals surface area contributed by atoms with E-state index >= 15 is 0 Å². The van der Waals surface area contributed by atoms with Crippen LogP contribution in [0.2, 0.25) is 0 Å². The van der Waals surface area contributed by atoms with E-state index in [9.17, 15) is 4.79 Å². The Morgan fingerprint density at radius 3 is 2.26 bits per heavy atom. The number of hydrogen-bond donors (Lipinski definition) is 1. The molecule has 4 rings (SSSR count). The average molecular weight is 359 g/mol. The standard InChI is InChI=1S/C23H21NO3/c1-16(17-11-13-19(14-12-17)18-7-3-2-4-8-18)24-23(25)22-15-26-20-9-5-6-10-21(20)27-22/h2-14,16,22H,15H2,1H3,(H,24,25)/t16-,22+/m1/s1. The predicted octanol–water partition coefficient (Wildman–Crippen LogP) is 4.37. The summed E-state index contributed by atoms with van der Waals surface area (Å²) in [6, 6.07) is 25.7. The van der Waals surface area contributed by atoms with Crippen molar-refractivity contribution in [3.8, 4) is 22.6 Å². The Kier molecular flexibility index (Phi) is 4.79. The predicted molar refractivity (Wildman–Crippen MR) is 105 cm³/mol. The molecule has 27 heavy (non-hydrogen) atoms. The van der Waals surface area contributed by atoms with Crippen molar-refractivity contribution in [1.29, 1.82) is 0 Å². The number of fused-ring (bicyclic) bond motifs is 1. The van der Waals surface area contributed by atoms with Gasteiger partial charge in [0.25, 0.3) is 5.91 Å². The summed E-state index contributed by atoms with van der Waals surface area (Å²) >= 11 is 0. The Hall–Kier alpha value is -3.27. The van der Waals surface area contributed by atoms with Gasteiger partial charge in [-0.1, -0.05) is 66.7 Å². The van der Waals surface area contributed by atoms with Gasteiger partial charge in [-0.3, -0.25) is 4.79 Å². The van der Waals surface area contributed by atoms with Crippen molar-refractivity contribution in [3.05, 3.63) is 84.4 Å². The normalized spacial score (nSPS) is 16.4. The fourth-order valence-electron chi connectivity index (χ4n) is 3.13. The van der Waals surface area contributed by atoms with E-state index in [0.717, 1.165) is 11.1 Å². The zero-order chi connectivity index (χ0) is 18.6. The molecule has 3 aromatic rings. The van der Waals surface area contributed by atoms with Crippen molar-refractivity contribution < 1.29 is 14.3 Å². The first kappa shape index (κ1) is 17.2. The fourth-order valence-corrected chi connectivity index (χ4v) is 3.13. The zero-order valence-electron chi connectivity index (χ0n) is 15.1. The van der Waals surface area contributed by atoms with Gasteiger partial charge in [0.2, 0.25) is 6.10 Å². The molecule has 1 N–H and O–H groups in total. The van der Waals surface area contributed by atoms with Crippen molar-refractivity contribution in [2.45, 2.75) is 19.1 Å². The van der Waals surface area contributed by atoms with E-state index in [1.807, 2.05) is 55.5 Å². The third-order valence-electron chi connectivity index (χ3n) is 4.68. The second kappa shape index (κ2) is 7.54. The van der Waals surface area contributed by atoms with Gasteiger partial charge >= 0.3 is 0 Å². The molecule has 0 saturated heterocycles. The van der Waals surface area contributed by atoms with E-state index in [1.54, 1.807) is 6.07 Å². The van der Waals surface area contributed by atoms with E-state index in [0.29, 0.717) is 11.5 Å². The second-order valence-electron chi connectivity index (χ2n) is 6.58. The van der Waals surface area contributed by atoms with Crippen LogP contribution in [0.4, 0.5) is 0 Å². The second-order valence-corrected chi connectivity index (χ2v) is 6.58. The van der Waals surface area contributed by atoms with Gasteiger partial charge in [-0.2, -0.15) is 0 Å². The van der Waals surface area contributed by atoms with Crippen LogP contribution in [0.5, 0.6) is 11.5 Å². The highest BCUT2D eigenvalue weighted by Gasteiger charge is 2.28. The minimum Gasteiger partial charge on any atom is -0.485 e. The first-order valence-electron chi connectivity index (χ1n) is 9.05. The van der Waals surface area contributed by atoms with Crippen LogP contribution in [-0.2, 0) is 4.79 Å². The molecule has 4 nitrogen and oxygen atoms in total. The number of carbonyl (C=O) groups excluding carboxylic acids is 1. The fraction of sp³-hybridized carbons (Fsp3) is 0.174. The summed E-state index contributed by atoms with van der Waals surface area (Å²) in [5.74, 6) is 1.10. The van der Waals surface area contributed by atoms with Crippen LogP contribution in [0, 0.1) is 0 Å². The van der Waals surface area contributed by atoms with E-state index in [-0.39, 0.29) is 18.6 Å². The summed E-state index contributed by atoms with van der Waals surface area (Å²) < 4.78 is 11.4. The lowest BCUT2D eigenvalue weighted by molar-refractivity contribution is -0.131. The number of carbonyl (C=O) groups is 1. The van der Waals surface area contributed by atoms with E-state index in [4.69, 9.17) is 9.47 Å². The third kappa shape index (κ3) is 3.80. The number of para-hydroxylation sites is 2. The van der Waals surface area contributed by atoms with Crippen LogP contribution >= 0.6 is 0 Å². The number of ether oxygens (including phenoxy) is 2. The summed E-state index contributed by atoms with van der Waals surface area (Å²) in [7, 11) is 0. The SMILES string of the molecule is C[C@@H](NC(=O)[C@@H]1COc2ccccc2O1)c1ccc(-c2ccccc2)cc1. The summed E-state index contributed by atoms with van der Waals surface area (Å²) in [5.41, 5.74) is 3.37. The number of rotatable bonds is 4. The molecule has 0 radical (unpaired) electrons. The molecule has 3 aromatic carbocycles. The summed E-state index contributed by atoms with van der Waals surface area (Å²) in [6.07, 6.45) is -0.647. The molecule has 0 fully saturated rings. The van der Waals surface area contributed by atoms with Gasteiger partial charge in [-0.05, 0) is 35.7 Å². The smallest absolute Gasteiger partial charge is 0.265 e. The largest absolute Gasteiger partial charge is 0.485 e. The van der Waals surface area contributed by atoms with Crippen LogP contribution in [0.25, 0.3) is 11.1 Å². The van der Waals surface area contributed by atoms with Gasteiger partial charge in [0.05, 0.1) is 6.04 Å². The van der Waals surface area contributed by atoms with Crippen molar-refractivity contribution in [2.24, 2.45) is 0 Å². The molecule has 4 heteroatoms. The Morgan fingerprint density at radius 2 is 1.52 bits per heavy atom. The monoisotopic (exact) mass is 359 g/mol. The third-order valence-corrected chi connectivity index (χ3v) is 4.68. The topological polar surface area (TPSA) is 47.6 Å². The van der Waals surface area contributed by atoms with Crippen molar-refractivity contribution in [1.82, 2.24) is 5.32 Å². The molecular weight excluding hydrogens is 338 g/mol. The zero-order valence-corrected chi connectivity index (χ0v) is 15.1. The van der Waals surface area contributed by atoms with E-state index < -0.39 is 6.10 Å². The molecule has 1 aliphatic rings. The van der Waals surface area contributed by atoms with Crippen LogP contribution in [0.3, 0.4) is 0 Å².